The molecule has 0 aliphatic carbocycles. The summed E-state index contributed by atoms with van der Waals surface area (Å²) >= 11 is 2.60. The summed E-state index contributed by atoms with van der Waals surface area (Å²) in [5.41, 5.74) is 0.870. The molecule has 1 aromatic carbocycles. The fourth-order valence-corrected chi connectivity index (χ4v) is 3.16. The van der Waals surface area contributed by atoms with E-state index in [2.05, 4.69) is 15.5 Å². The van der Waals surface area contributed by atoms with Crippen molar-refractivity contribution in [1.29, 1.82) is 0 Å². The number of carbonyl (C=O) groups is 1. The first-order valence-electron chi connectivity index (χ1n) is 6.22. The zero-order valence-corrected chi connectivity index (χ0v) is 13.1. The van der Waals surface area contributed by atoms with Gasteiger partial charge in [0.05, 0.1) is 11.5 Å². The van der Waals surface area contributed by atoms with Crippen LogP contribution in [0, 0.1) is 10.1 Å². The molecule has 2 rings (SSSR count). The number of thioether (sulfide) groups is 1. The summed E-state index contributed by atoms with van der Waals surface area (Å²) in [4.78, 5) is 21.5. The van der Waals surface area contributed by atoms with E-state index in [1.165, 1.54) is 35.2 Å². The molecule has 0 saturated carbocycles. The van der Waals surface area contributed by atoms with Gasteiger partial charge < -0.3 is 4.74 Å². The van der Waals surface area contributed by atoms with Crippen LogP contribution in [-0.4, -0.2) is 27.8 Å². The van der Waals surface area contributed by atoms with Gasteiger partial charge in [0.2, 0.25) is 5.13 Å². The molecule has 0 saturated heterocycles. The average molecular weight is 340 g/mol. The van der Waals surface area contributed by atoms with E-state index in [1.54, 1.807) is 19.1 Å². The number of nitro groups is 1. The van der Waals surface area contributed by atoms with E-state index in [9.17, 15) is 14.9 Å². The van der Waals surface area contributed by atoms with Gasteiger partial charge in [0, 0.05) is 17.9 Å². The molecule has 22 heavy (non-hydrogen) atoms. The second kappa shape index (κ2) is 7.71. The van der Waals surface area contributed by atoms with Crippen molar-refractivity contribution in [3.05, 3.63) is 39.9 Å². The molecule has 0 spiro atoms. The maximum absolute atomic E-state index is 11.2. The molecule has 1 N–H and O–H groups in total. The van der Waals surface area contributed by atoms with Gasteiger partial charge in [-0.1, -0.05) is 35.2 Å². The summed E-state index contributed by atoms with van der Waals surface area (Å²) in [7, 11) is 0. The minimum absolute atomic E-state index is 0.0556. The number of rotatable bonds is 6. The van der Waals surface area contributed by atoms with Gasteiger partial charge in [-0.15, -0.1) is 10.2 Å². The van der Waals surface area contributed by atoms with Crippen molar-refractivity contribution < 1.29 is 14.5 Å². The summed E-state index contributed by atoms with van der Waals surface area (Å²) in [6.07, 6.45) is -0.575. The Morgan fingerprint density at radius 2 is 2.32 bits per heavy atom. The highest BCUT2D eigenvalue weighted by atomic mass is 32.2. The highest BCUT2D eigenvalue weighted by molar-refractivity contribution is 8.00. The lowest BCUT2D eigenvalue weighted by atomic mass is 10.2. The molecule has 0 aliphatic heterocycles. The smallest absolute Gasteiger partial charge is 0.413 e. The fraction of sp³-hybridized carbons (Fsp3) is 0.250. The molecular formula is C12H12N4O4S2. The lowest BCUT2D eigenvalue weighted by molar-refractivity contribution is -0.384. The molecular weight excluding hydrogens is 328 g/mol. The molecule has 1 aromatic heterocycles. The molecule has 0 fully saturated rings. The van der Waals surface area contributed by atoms with E-state index < -0.39 is 11.0 Å². The Hall–Kier alpha value is -2.20. The number of anilines is 1. The normalized spacial score (nSPS) is 10.2. The number of nitrogens with zero attached hydrogens (tertiary/aromatic N) is 3. The van der Waals surface area contributed by atoms with E-state index in [1.807, 2.05) is 0 Å². The molecule has 116 valence electrons. The van der Waals surface area contributed by atoms with Crippen molar-refractivity contribution in [3.8, 4) is 0 Å². The van der Waals surface area contributed by atoms with Crippen molar-refractivity contribution in [2.75, 3.05) is 11.9 Å². The van der Waals surface area contributed by atoms with Crippen molar-refractivity contribution in [2.45, 2.75) is 17.0 Å². The number of hydrogen-bond acceptors (Lipinski definition) is 8. The Morgan fingerprint density at radius 3 is 3.05 bits per heavy atom. The second-order valence-electron chi connectivity index (χ2n) is 3.93. The van der Waals surface area contributed by atoms with Gasteiger partial charge in [0.15, 0.2) is 4.34 Å². The first-order chi connectivity index (χ1) is 10.6. The van der Waals surface area contributed by atoms with Gasteiger partial charge in [-0.25, -0.2) is 4.79 Å². The number of carbonyl (C=O) groups excluding carboxylic acids is 1. The van der Waals surface area contributed by atoms with Crippen LogP contribution in [0.4, 0.5) is 15.6 Å². The predicted molar refractivity (Wildman–Crippen MR) is 83.2 cm³/mol. The zero-order chi connectivity index (χ0) is 15.9. The summed E-state index contributed by atoms with van der Waals surface area (Å²) < 4.78 is 5.39. The number of non-ortho nitro benzene ring substituents is 1. The maximum Gasteiger partial charge on any atom is 0.413 e. The third kappa shape index (κ3) is 4.67. The molecule has 0 aliphatic rings. The highest BCUT2D eigenvalue weighted by Gasteiger charge is 2.10. The molecule has 0 radical (unpaired) electrons. The van der Waals surface area contributed by atoms with E-state index in [-0.39, 0.29) is 12.3 Å². The topological polar surface area (TPSA) is 107 Å². The van der Waals surface area contributed by atoms with Crippen LogP contribution in [-0.2, 0) is 10.5 Å². The largest absolute Gasteiger partial charge is 0.450 e. The van der Waals surface area contributed by atoms with Crippen LogP contribution in [0.3, 0.4) is 0 Å². The number of nitro benzene ring substituents is 1. The minimum atomic E-state index is -0.575. The Kier molecular flexibility index (Phi) is 5.67. The molecule has 1 heterocycles. The third-order valence-corrected chi connectivity index (χ3v) is 4.42. The van der Waals surface area contributed by atoms with Gasteiger partial charge in [-0.3, -0.25) is 15.4 Å². The zero-order valence-electron chi connectivity index (χ0n) is 11.5. The van der Waals surface area contributed by atoms with Crippen molar-refractivity contribution >= 4 is 40.0 Å². The molecule has 8 nitrogen and oxygen atoms in total. The van der Waals surface area contributed by atoms with E-state index in [0.29, 0.717) is 15.2 Å². The minimum Gasteiger partial charge on any atom is -0.450 e. The first kappa shape index (κ1) is 16.2. The number of aromatic nitrogens is 2. The Morgan fingerprint density at radius 1 is 1.50 bits per heavy atom. The van der Waals surface area contributed by atoms with Gasteiger partial charge in [0.1, 0.15) is 0 Å². The molecule has 0 atom stereocenters. The van der Waals surface area contributed by atoms with Crippen LogP contribution >= 0.6 is 23.1 Å². The first-order valence-corrected chi connectivity index (χ1v) is 8.02. The Labute approximate surface area is 134 Å². The summed E-state index contributed by atoms with van der Waals surface area (Å²) in [6.45, 7) is 1.99. The number of benzene rings is 1. The van der Waals surface area contributed by atoms with E-state index in [0.717, 1.165) is 5.56 Å². The Balaban J connectivity index is 1.92. The molecule has 10 heteroatoms. The second-order valence-corrected chi connectivity index (χ2v) is 6.13. The average Bonchev–Trinajstić information content (AvgIpc) is 2.93. The molecule has 1 amide bonds. The molecule has 0 bridgehead atoms. The quantitative estimate of drug-likeness (QED) is 0.372. The van der Waals surface area contributed by atoms with E-state index in [4.69, 9.17) is 4.74 Å². The molecule has 2 aromatic rings. The molecule has 0 unspecified atom stereocenters. The van der Waals surface area contributed by atoms with Gasteiger partial charge >= 0.3 is 6.09 Å². The van der Waals surface area contributed by atoms with Crippen molar-refractivity contribution in [3.63, 3.8) is 0 Å². The number of hydrogen-bond donors (Lipinski definition) is 1. The standard InChI is InChI=1S/C12H12N4O4S2/c1-2-20-11(17)13-10-14-15-12(22-10)21-7-8-4-3-5-9(6-8)16(18)19/h3-6H,2,7H2,1H3,(H,13,14,17). The lowest BCUT2D eigenvalue weighted by Gasteiger charge is -1.99. The third-order valence-electron chi connectivity index (χ3n) is 2.37. The number of nitrogens with one attached hydrogen (secondary N) is 1. The van der Waals surface area contributed by atoms with E-state index >= 15 is 0 Å². The van der Waals surface area contributed by atoms with Crippen LogP contribution in [0.5, 0.6) is 0 Å². The van der Waals surface area contributed by atoms with Crippen LogP contribution in [0.15, 0.2) is 28.6 Å². The summed E-state index contributed by atoms with van der Waals surface area (Å²) in [5, 5.41) is 21.3. The van der Waals surface area contributed by atoms with Crippen LogP contribution in [0.25, 0.3) is 0 Å². The fourth-order valence-electron chi connectivity index (χ4n) is 1.48. The maximum atomic E-state index is 11.2. The Bertz CT molecular complexity index is 677. The van der Waals surface area contributed by atoms with Gasteiger partial charge in [0.25, 0.3) is 5.69 Å². The predicted octanol–water partition coefficient (Wildman–Crippen LogP) is 3.31. The number of ether oxygens (including phenoxy) is 1. The van der Waals surface area contributed by atoms with Gasteiger partial charge in [-0.05, 0) is 12.5 Å². The highest BCUT2D eigenvalue weighted by Crippen LogP contribution is 2.29. The van der Waals surface area contributed by atoms with Crippen LogP contribution in [0.1, 0.15) is 12.5 Å². The van der Waals surface area contributed by atoms with Crippen molar-refractivity contribution in [2.24, 2.45) is 0 Å². The SMILES string of the molecule is CCOC(=O)Nc1nnc(SCc2cccc([N+](=O)[O-])c2)s1. The lowest BCUT2D eigenvalue weighted by Crippen LogP contribution is -2.12. The van der Waals surface area contributed by atoms with Gasteiger partial charge in [-0.2, -0.15) is 0 Å². The van der Waals surface area contributed by atoms with Crippen molar-refractivity contribution in [1.82, 2.24) is 10.2 Å². The van der Waals surface area contributed by atoms with Crippen LogP contribution in [0.2, 0.25) is 0 Å². The van der Waals surface area contributed by atoms with Crippen LogP contribution < -0.4 is 5.32 Å². The summed E-state index contributed by atoms with van der Waals surface area (Å²) in [6, 6.07) is 6.41. The summed E-state index contributed by atoms with van der Waals surface area (Å²) in [5.74, 6) is 0.524. The monoisotopic (exact) mass is 340 g/mol. The number of amides is 1.